The van der Waals surface area contributed by atoms with Crippen molar-refractivity contribution in [1.29, 1.82) is 0 Å². The molecule has 0 saturated heterocycles. The maximum absolute atomic E-state index is 11.3. The third kappa shape index (κ3) is 10.0. The zero-order valence-electron chi connectivity index (χ0n) is 22.3. The van der Waals surface area contributed by atoms with Crippen molar-refractivity contribution in [3.8, 4) is 21.8 Å². The highest BCUT2D eigenvalue weighted by atomic mass is 35.5. The second-order valence-corrected chi connectivity index (χ2v) is 13.6. The van der Waals surface area contributed by atoms with Crippen molar-refractivity contribution in [3.63, 3.8) is 0 Å². The zero-order valence-corrected chi connectivity index (χ0v) is 25.5. The molecule has 4 rings (SSSR count). The average molecular weight is 634 g/mol. The van der Waals surface area contributed by atoms with Crippen LogP contribution in [0.2, 0.25) is 5.02 Å². The van der Waals surface area contributed by atoms with E-state index < -0.39 is 20.2 Å². The van der Waals surface area contributed by atoms with Gasteiger partial charge in [-0.15, -0.1) is 11.3 Å². The van der Waals surface area contributed by atoms with Gasteiger partial charge in [-0.2, -0.15) is 16.8 Å². The smallest absolute Gasteiger partial charge is 0.264 e. The molecule has 3 aromatic carbocycles. The lowest BCUT2D eigenvalue weighted by atomic mass is 10.1. The van der Waals surface area contributed by atoms with E-state index in [1.807, 2.05) is 78.2 Å². The van der Waals surface area contributed by atoms with Crippen molar-refractivity contribution in [1.82, 2.24) is 4.98 Å². The number of thiazole rings is 1. The first-order chi connectivity index (χ1) is 19.4. The number of halogens is 1. The summed E-state index contributed by atoms with van der Waals surface area (Å²) in [5.74, 6) is 0. The van der Waals surface area contributed by atoms with Crippen LogP contribution in [0.25, 0.3) is 21.8 Å². The Balaban J connectivity index is 1.39. The monoisotopic (exact) mass is 633 g/mol. The fraction of sp³-hybridized carbons (Fsp3) is 0.214. The van der Waals surface area contributed by atoms with E-state index in [1.54, 1.807) is 22.5 Å². The molecule has 1 aromatic heterocycles. The second-order valence-electron chi connectivity index (χ2n) is 8.98. The molecule has 4 aromatic rings. The van der Waals surface area contributed by atoms with Crippen LogP contribution in [0.4, 0.5) is 11.4 Å². The Bertz CT molecular complexity index is 1650. The van der Waals surface area contributed by atoms with Crippen LogP contribution in [-0.2, 0) is 28.6 Å². The van der Waals surface area contributed by atoms with Gasteiger partial charge < -0.3 is 4.90 Å². The summed E-state index contributed by atoms with van der Waals surface area (Å²) in [6.45, 7) is 0.279. The highest BCUT2D eigenvalue weighted by molar-refractivity contribution is 7.86. The third-order valence-electron chi connectivity index (χ3n) is 5.70. The van der Waals surface area contributed by atoms with E-state index in [4.69, 9.17) is 25.0 Å². The molecule has 0 unspecified atom stereocenters. The van der Waals surface area contributed by atoms with Crippen LogP contribution >= 0.6 is 22.9 Å². The first kappa shape index (κ1) is 30.8. The molecule has 0 bridgehead atoms. The van der Waals surface area contributed by atoms with E-state index in [0.717, 1.165) is 51.3 Å². The number of aliphatic imine (C=N–C) groups is 1. The Hall–Kier alpha value is -3.13. The molecule has 0 aliphatic heterocycles. The predicted octanol–water partition coefficient (Wildman–Crippen LogP) is 5.64. The molecule has 9 nitrogen and oxygen atoms in total. The number of hydrogen-bond acceptors (Lipinski definition) is 10. The first-order valence-corrected chi connectivity index (χ1v) is 17.2. The molecular formula is C28H28ClN3O6S3. The summed E-state index contributed by atoms with van der Waals surface area (Å²) >= 11 is 7.56. The number of rotatable bonds is 13. The van der Waals surface area contributed by atoms with Crippen molar-refractivity contribution in [2.45, 2.75) is 0 Å². The van der Waals surface area contributed by atoms with Crippen molar-refractivity contribution < 1.29 is 25.2 Å². The topological polar surface area (TPSA) is 115 Å². The SMILES string of the molecule is CS(=O)(=O)OCCN(CCOS(C)(=O)=O)c1ccc(C=Nc2ccc(-c3csc(-c4ccc(Cl)cc4)n3)cc2)cc1. The minimum absolute atomic E-state index is 0.0831. The van der Waals surface area contributed by atoms with Gasteiger partial charge in [-0.1, -0.05) is 48.0 Å². The Kier molecular flexibility index (Phi) is 10.3. The number of aromatic nitrogens is 1. The molecule has 0 fully saturated rings. The Labute approximate surface area is 249 Å². The van der Waals surface area contributed by atoms with Crippen LogP contribution in [0, 0.1) is 0 Å². The minimum atomic E-state index is -3.59. The lowest BCUT2D eigenvalue weighted by Crippen LogP contribution is -2.32. The molecule has 0 radical (unpaired) electrons. The van der Waals surface area contributed by atoms with E-state index in [0.29, 0.717) is 5.02 Å². The van der Waals surface area contributed by atoms with Crippen molar-refractivity contribution in [3.05, 3.63) is 88.8 Å². The molecule has 41 heavy (non-hydrogen) atoms. The minimum Gasteiger partial charge on any atom is -0.367 e. The molecule has 0 aliphatic rings. The van der Waals surface area contributed by atoms with Gasteiger partial charge in [-0.25, -0.2) is 4.98 Å². The number of nitrogens with zero attached hydrogens (tertiary/aromatic N) is 3. The fourth-order valence-electron chi connectivity index (χ4n) is 3.74. The molecular weight excluding hydrogens is 606 g/mol. The first-order valence-electron chi connectivity index (χ1n) is 12.3. The number of benzene rings is 3. The summed E-state index contributed by atoms with van der Waals surface area (Å²) in [4.78, 5) is 11.1. The Morgan fingerprint density at radius 2 is 1.39 bits per heavy atom. The van der Waals surface area contributed by atoms with E-state index in [1.165, 1.54) is 0 Å². The molecule has 0 aliphatic carbocycles. The number of hydrogen-bond donors (Lipinski definition) is 0. The van der Waals surface area contributed by atoms with Crippen LogP contribution < -0.4 is 4.90 Å². The molecule has 13 heteroatoms. The standard InChI is InChI=1S/C28H28ClN3O6S3/c1-40(33,34)37-17-15-32(16-18-38-41(2,35)36)26-13-3-21(4-14-26)19-30-25-11-7-22(8-12-25)27-20-39-28(31-27)23-5-9-24(29)10-6-23/h3-14,19-20H,15-18H2,1-2H3. The lowest BCUT2D eigenvalue weighted by molar-refractivity contribution is 0.309. The summed E-state index contributed by atoms with van der Waals surface area (Å²) in [6.07, 6.45) is 3.69. The van der Waals surface area contributed by atoms with Gasteiger partial charge in [-0.05, 0) is 42.0 Å². The molecule has 216 valence electrons. The van der Waals surface area contributed by atoms with Crippen LogP contribution in [0.5, 0.6) is 0 Å². The zero-order chi connectivity index (χ0) is 29.5. The van der Waals surface area contributed by atoms with E-state index in [9.17, 15) is 16.8 Å². The summed E-state index contributed by atoms with van der Waals surface area (Å²) in [5.41, 5.74) is 5.28. The van der Waals surface area contributed by atoms with Crippen LogP contribution in [0.3, 0.4) is 0 Å². The molecule has 0 atom stereocenters. The fourth-order valence-corrected chi connectivity index (χ4v) is 5.45. The van der Waals surface area contributed by atoms with E-state index >= 15 is 0 Å². The highest BCUT2D eigenvalue weighted by Gasteiger charge is 2.11. The number of anilines is 1. The van der Waals surface area contributed by atoms with Crippen molar-refractivity contribution in [2.24, 2.45) is 4.99 Å². The van der Waals surface area contributed by atoms with Gasteiger partial charge in [0.2, 0.25) is 0 Å². The van der Waals surface area contributed by atoms with Crippen LogP contribution in [0.1, 0.15) is 5.56 Å². The molecule has 1 heterocycles. The predicted molar refractivity (Wildman–Crippen MR) is 165 cm³/mol. The maximum atomic E-state index is 11.3. The average Bonchev–Trinajstić information content (AvgIpc) is 3.41. The molecule has 0 amide bonds. The quantitative estimate of drug-likeness (QED) is 0.137. The van der Waals surface area contributed by atoms with Gasteiger partial charge in [0.15, 0.2) is 0 Å². The van der Waals surface area contributed by atoms with Gasteiger partial charge >= 0.3 is 0 Å². The van der Waals surface area contributed by atoms with Gasteiger partial charge in [0.1, 0.15) is 5.01 Å². The Morgan fingerprint density at radius 1 is 0.829 bits per heavy atom. The third-order valence-corrected chi connectivity index (χ3v) is 8.03. The van der Waals surface area contributed by atoms with Gasteiger partial charge in [-0.3, -0.25) is 13.4 Å². The summed E-state index contributed by atoms with van der Waals surface area (Å²) in [5, 5.41) is 3.63. The molecule has 0 N–H and O–H groups in total. The summed E-state index contributed by atoms with van der Waals surface area (Å²) in [6, 6.07) is 22.8. The van der Waals surface area contributed by atoms with Crippen LogP contribution in [0.15, 0.2) is 83.2 Å². The normalized spacial score (nSPS) is 12.2. The summed E-state index contributed by atoms with van der Waals surface area (Å²) in [7, 11) is -7.19. The van der Waals surface area contributed by atoms with Crippen molar-refractivity contribution in [2.75, 3.05) is 43.7 Å². The Morgan fingerprint density at radius 3 is 1.95 bits per heavy atom. The molecule has 0 spiro atoms. The van der Waals surface area contributed by atoms with Crippen molar-refractivity contribution >= 4 is 60.8 Å². The lowest BCUT2D eigenvalue weighted by Gasteiger charge is -2.24. The largest absolute Gasteiger partial charge is 0.367 e. The highest BCUT2D eigenvalue weighted by Crippen LogP contribution is 2.30. The summed E-state index contributed by atoms with van der Waals surface area (Å²) < 4.78 is 55.0. The van der Waals surface area contributed by atoms with E-state index in [-0.39, 0.29) is 26.3 Å². The van der Waals surface area contributed by atoms with Gasteiger partial charge in [0.05, 0.1) is 37.1 Å². The molecule has 0 saturated carbocycles. The van der Waals surface area contributed by atoms with Gasteiger partial charge in [0, 0.05) is 46.5 Å². The second kappa shape index (κ2) is 13.7. The van der Waals surface area contributed by atoms with E-state index in [2.05, 4.69) is 4.99 Å². The maximum Gasteiger partial charge on any atom is 0.264 e. The van der Waals surface area contributed by atoms with Gasteiger partial charge in [0.25, 0.3) is 20.2 Å². The van der Waals surface area contributed by atoms with Crippen LogP contribution in [-0.4, -0.2) is 66.8 Å².